The Bertz CT molecular complexity index is 770. The van der Waals surface area contributed by atoms with Gasteiger partial charge < -0.3 is 15.3 Å². The molecule has 0 aromatic carbocycles. The number of allylic oxidation sites excluding steroid dienone is 3. The van der Waals surface area contributed by atoms with E-state index in [1.165, 1.54) is 25.2 Å². The highest BCUT2D eigenvalue weighted by Gasteiger charge is 2.74. The first-order valence-corrected chi connectivity index (χ1v) is 9.15. The molecule has 0 radical (unpaired) electrons. The third-order valence-electron chi connectivity index (χ3n) is 7.68. The summed E-state index contributed by atoms with van der Waals surface area (Å²) in [6.45, 7) is 4.72. The van der Waals surface area contributed by atoms with Crippen LogP contribution in [0.25, 0.3) is 0 Å². The first kappa shape index (κ1) is 18.0. The fourth-order valence-electron chi connectivity index (χ4n) is 6.37. The van der Waals surface area contributed by atoms with E-state index in [0.29, 0.717) is 0 Å². The molecule has 0 saturated heterocycles. The summed E-state index contributed by atoms with van der Waals surface area (Å²) in [6.07, 6.45) is 1.55. The second-order valence-corrected chi connectivity index (χ2v) is 9.21. The zero-order valence-corrected chi connectivity index (χ0v) is 15.2. The van der Waals surface area contributed by atoms with Gasteiger partial charge in [-0.25, -0.2) is 4.39 Å². The Hall–Kier alpha value is -1.37. The predicted molar refractivity (Wildman–Crippen MR) is 90.8 cm³/mol. The molecule has 0 spiro atoms. The van der Waals surface area contributed by atoms with E-state index in [1.54, 1.807) is 13.8 Å². The number of alkyl halides is 1. The smallest absolute Gasteiger partial charge is 0.178 e. The van der Waals surface area contributed by atoms with E-state index in [1.807, 2.05) is 0 Å². The Morgan fingerprint density at radius 2 is 1.77 bits per heavy atom. The maximum Gasteiger partial charge on any atom is 0.178 e. The average molecular weight is 364 g/mol. The molecule has 0 heterocycles. The quantitative estimate of drug-likeness (QED) is 0.602. The van der Waals surface area contributed by atoms with Gasteiger partial charge in [0.25, 0.3) is 0 Å². The van der Waals surface area contributed by atoms with Gasteiger partial charge in [0.1, 0.15) is 5.60 Å². The molecular formula is C20H25FO5. The summed E-state index contributed by atoms with van der Waals surface area (Å²) in [5.41, 5.74) is -5.77. The molecule has 4 rings (SSSR count). The number of Topliss-reactive ketones (excluding diaryl/α,β-unsaturated/α-hetero) is 1. The minimum absolute atomic E-state index is 0.0136. The standard InChI is InChI=1S/C20H25FO5/c1-17-9-15(24)20(21)11(13(17)8-19(3,26)16(17)25)7-14(23)12-6-10(22)4-5-18(12,20)2/h4-6,11,13-15,23-24,26H,7-9H2,1-3H3/t11-,13-,14?,15?,17-,18-,19?,20-/m0/s1. The summed E-state index contributed by atoms with van der Waals surface area (Å²) in [6, 6.07) is 0. The van der Waals surface area contributed by atoms with Gasteiger partial charge in [-0.05, 0) is 56.8 Å². The first-order valence-electron chi connectivity index (χ1n) is 9.15. The fourth-order valence-corrected chi connectivity index (χ4v) is 6.37. The zero-order chi connectivity index (χ0) is 19.3. The highest BCUT2D eigenvalue weighted by molar-refractivity contribution is 6.01. The number of hydrogen-bond acceptors (Lipinski definition) is 5. The first-order chi connectivity index (χ1) is 11.9. The van der Waals surface area contributed by atoms with E-state index in [-0.39, 0.29) is 36.4 Å². The van der Waals surface area contributed by atoms with Gasteiger partial charge in [0.2, 0.25) is 0 Å². The van der Waals surface area contributed by atoms with Crippen molar-refractivity contribution in [2.24, 2.45) is 22.7 Å². The van der Waals surface area contributed by atoms with Crippen LogP contribution < -0.4 is 0 Å². The Balaban J connectivity index is 1.89. The van der Waals surface area contributed by atoms with Crippen LogP contribution in [0.15, 0.2) is 23.8 Å². The third-order valence-corrected chi connectivity index (χ3v) is 7.68. The predicted octanol–water partition coefficient (Wildman–Crippen LogP) is 1.26. The molecular weight excluding hydrogens is 339 g/mol. The van der Waals surface area contributed by atoms with E-state index in [4.69, 9.17) is 0 Å². The van der Waals surface area contributed by atoms with E-state index in [0.717, 1.165) is 0 Å². The largest absolute Gasteiger partial charge is 0.390 e. The molecule has 3 fully saturated rings. The summed E-state index contributed by atoms with van der Waals surface area (Å²) in [5, 5.41) is 32.1. The summed E-state index contributed by atoms with van der Waals surface area (Å²) < 4.78 is 16.7. The van der Waals surface area contributed by atoms with Gasteiger partial charge >= 0.3 is 0 Å². The van der Waals surface area contributed by atoms with Crippen LogP contribution in [-0.4, -0.2) is 50.4 Å². The summed E-state index contributed by atoms with van der Waals surface area (Å²) in [4.78, 5) is 24.6. The number of aliphatic hydroxyl groups excluding tert-OH is 2. The van der Waals surface area contributed by atoms with Crippen molar-refractivity contribution >= 4 is 11.6 Å². The number of carbonyl (C=O) groups is 2. The van der Waals surface area contributed by atoms with Crippen molar-refractivity contribution in [2.75, 3.05) is 0 Å². The van der Waals surface area contributed by atoms with Gasteiger partial charge in [0.15, 0.2) is 17.2 Å². The molecule has 8 atom stereocenters. The molecule has 142 valence electrons. The van der Waals surface area contributed by atoms with Crippen molar-refractivity contribution in [3.8, 4) is 0 Å². The zero-order valence-electron chi connectivity index (χ0n) is 15.2. The molecule has 3 unspecified atom stereocenters. The van der Waals surface area contributed by atoms with Crippen LogP contribution in [0.4, 0.5) is 4.39 Å². The highest BCUT2D eigenvalue weighted by atomic mass is 19.1. The highest BCUT2D eigenvalue weighted by Crippen LogP contribution is 2.67. The van der Waals surface area contributed by atoms with Crippen LogP contribution in [0.5, 0.6) is 0 Å². The van der Waals surface area contributed by atoms with Crippen LogP contribution in [0.1, 0.15) is 40.0 Å². The topological polar surface area (TPSA) is 94.8 Å². The lowest BCUT2D eigenvalue weighted by Crippen LogP contribution is -2.68. The molecule has 5 nitrogen and oxygen atoms in total. The fraction of sp³-hybridized carbons (Fsp3) is 0.700. The number of hydrogen-bond donors (Lipinski definition) is 3. The molecule has 0 amide bonds. The van der Waals surface area contributed by atoms with Crippen LogP contribution in [0, 0.1) is 22.7 Å². The molecule has 0 aliphatic heterocycles. The summed E-state index contributed by atoms with van der Waals surface area (Å²) in [5.74, 6) is -1.97. The molecule has 3 N–H and O–H groups in total. The van der Waals surface area contributed by atoms with Crippen LogP contribution >= 0.6 is 0 Å². The van der Waals surface area contributed by atoms with Crippen LogP contribution in [0.2, 0.25) is 0 Å². The summed E-state index contributed by atoms with van der Waals surface area (Å²) >= 11 is 0. The average Bonchev–Trinajstić information content (AvgIpc) is 2.73. The van der Waals surface area contributed by atoms with Gasteiger partial charge in [-0.2, -0.15) is 0 Å². The lowest BCUT2D eigenvalue weighted by Gasteiger charge is -2.61. The number of halogens is 1. The molecule has 6 heteroatoms. The maximum absolute atomic E-state index is 16.7. The second kappa shape index (κ2) is 4.91. The Labute approximate surface area is 151 Å². The second-order valence-electron chi connectivity index (χ2n) is 9.21. The van der Waals surface area contributed by atoms with Crippen LogP contribution in [-0.2, 0) is 9.59 Å². The van der Waals surface area contributed by atoms with Crippen molar-refractivity contribution in [3.05, 3.63) is 23.8 Å². The lowest BCUT2D eigenvalue weighted by atomic mass is 9.45. The maximum atomic E-state index is 16.7. The van der Waals surface area contributed by atoms with Crippen molar-refractivity contribution in [3.63, 3.8) is 0 Å². The number of rotatable bonds is 0. The molecule has 4 aliphatic carbocycles. The lowest BCUT2D eigenvalue weighted by molar-refractivity contribution is -0.200. The van der Waals surface area contributed by atoms with Gasteiger partial charge in [-0.3, -0.25) is 9.59 Å². The number of fused-ring (bicyclic) bond motifs is 5. The molecule has 0 bridgehead atoms. The molecule has 3 saturated carbocycles. The van der Waals surface area contributed by atoms with Gasteiger partial charge in [-0.1, -0.05) is 13.0 Å². The van der Waals surface area contributed by atoms with Crippen molar-refractivity contribution in [1.29, 1.82) is 0 Å². The van der Waals surface area contributed by atoms with E-state index in [9.17, 15) is 24.9 Å². The minimum atomic E-state index is -2.12. The van der Waals surface area contributed by atoms with Crippen molar-refractivity contribution < 1.29 is 29.3 Å². The molecule has 26 heavy (non-hydrogen) atoms. The van der Waals surface area contributed by atoms with E-state index in [2.05, 4.69) is 0 Å². The van der Waals surface area contributed by atoms with Gasteiger partial charge in [-0.15, -0.1) is 0 Å². The Kier molecular flexibility index (Phi) is 3.40. The Morgan fingerprint density at radius 3 is 2.42 bits per heavy atom. The van der Waals surface area contributed by atoms with Gasteiger partial charge in [0, 0.05) is 16.7 Å². The van der Waals surface area contributed by atoms with Crippen molar-refractivity contribution in [2.45, 2.75) is 63.5 Å². The third kappa shape index (κ3) is 1.85. The van der Waals surface area contributed by atoms with Gasteiger partial charge in [0.05, 0.1) is 12.2 Å². The van der Waals surface area contributed by atoms with Crippen molar-refractivity contribution in [1.82, 2.24) is 0 Å². The minimum Gasteiger partial charge on any atom is -0.390 e. The molecule has 0 aromatic rings. The number of aliphatic hydroxyl groups is 3. The number of ketones is 2. The monoisotopic (exact) mass is 364 g/mol. The molecule has 4 aliphatic rings. The number of carbonyl (C=O) groups excluding carboxylic acids is 2. The van der Waals surface area contributed by atoms with E-state index >= 15 is 4.39 Å². The van der Waals surface area contributed by atoms with Crippen LogP contribution in [0.3, 0.4) is 0 Å². The summed E-state index contributed by atoms with van der Waals surface area (Å²) in [7, 11) is 0. The normalized spacial score (nSPS) is 55.9. The van der Waals surface area contributed by atoms with E-state index < -0.39 is 46.1 Å². The molecule has 0 aromatic heterocycles. The SMILES string of the molecule is CC1(O)C[C@H]2[C@@H]3CC(O)C4=CC(=O)C=C[C@]4(C)[C@@]3(F)C(O)C[C@]2(C)C1=O. The Morgan fingerprint density at radius 1 is 1.12 bits per heavy atom.